The molecular formula is C5H15AlCrTi. The van der Waals surface area contributed by atoms with Crippen LogP contribution in [0.2, 0.25) is 11.6 Å². The van der Waals surface area contributed by atoms with Gasteiger partial charge in [0, 0.05) is 17.4 Å². The molecule has 0 aliphatic carbocycles. The zero-order chi connectivity index (χ0) is 2.71. The van der Waals surface area contributed by atoms with Gasteiger partial charge in [0.2, 0.25) is 0 Å². The van der Waals surface area contributed by atoms with Crippen molar-refractivity contribution < 1.29 is 39.1 Å². The fourth-order valence-corrected chi connectivity index (χ4v) is 0. The Morgan fingerprint density at radius 2 is 0.875 bits per heavy atom. The maximum absolute atomic E-state index is 2.21. The fourth-order valence-electron chi connectivity index (χ4n) is 0. The Balaban J connectivity index is -0.00000000200. The summed E-state index contributed by atoms with van der Waals surface area (Å²) in [5.41, 5.74) is 0. The quantitative estimate of drug-likeness (QED) is 0.417. The van der Waals surface area contributed by atoms with Crippen LogP contribution in [0.1, 0.15) is 0 Å². The van der Waals surface area contributed by atoms with Crippen molar-refractivity contribution in [2.45, 2.75) is 11.6 Å². The predicted molar refractivity (Wildman–Crippen MR) is 36.7 cm³/mol. The number of hydrogen-bond acceptors (Lipinski definition) is 0. The molecule has 0 aliphatic rings. The van der Waals surface area contributed by atoms with E-state index in [9.17, 15) is 0 Å². The average Bonchev–Trinajstić information content (AvgIpc) is 0.918. The Morgan fingerprint density at radius 3 is 0.875 bits per heavy atom. The summed E-state index contributed by atoms with van der Waals surface area (Å²) in [6, 6.07) is 0. The zero-order valence-corrected chi connectivity index (χ0v) is 10.5. The Kier molecular flexibility index (Phi) is 454. The molecule has 48 valence electrons. The van der Waals surface area contributed by atoms with Gasteiger partial charge in [-0.15, -0.1) is 11.6 Å². The van der Waals surface area contributed by atoms with E-state index in [1.165, 1.54) is 0 Å². The maximum Gasteiger partial charge on any atom is 3.00 e. The summed E-state index contributed by atoms with van der Waals surface area (Å²) >= 11 is 0.750. The van der Waals surface area contributed by atoms with Crippen molar-refractivity contribution in [2.24, 2.45) is 0 Å². The van der Waals surface area contributed by atoms with Crippen LogP contribution < -0.4 is 0 Å². The van der Waals surface area contributed by atoms with Crippen LogP contribution in [0.5, 0.6) is 0 Å². The van der Waals surface area contributed by atoms with Crippen LogP contribution in [-0.4, -0.2) is 15.2 Å². The van der Waals surface area contributed by atoms with Crippen LogP contribution in [0.4, 0.5) is 0 Å². The molecule has 0 fully saturated rings. The van der Waals surface area contributed by atoms with Crippen molar-refractivity contribution >= 4 is 15.2 Å². The fraction of sp³-hybridized carbons (Fsp3) is 0.400. The molecule has 0 unspecified atom stereocenters. The monoisotopic (exact) mass is 202 g/mol. The molecule has 8 heavy (non-hydrogen) atoms. The summed E-state index contributed by atoms with van der Waals surface area (Å²) in [6.07, 6.45) is 0. The third-order valence-electron chi connectivity index (χ3n) is 0. The van der Waals surface area contributed by atoms with Gasteiger partial charge in [0.05, 0.1) is 0 Å². The van der Waals surface area contributed by atoms with Gasteiger partial charge in [0.25, 0.3) is 0 Å². The first-order chi connectivity index (χ1) is 1.41. The Labute approximate surface area is 87.6 Å². The molecule has 0 nitrogen and oxygen atoms in total. The van der Waals surface area contributed by atoms with Gasteiger partial charge in [-0.05, 0) is 0 Å². The first kappa shape index (κ1) is 52.8. The SMILES string of the molecule is [CH3-].[CH3-].[CH3-].[CH3][Al][CH3].[Cr].[Ti+3]. The minimum Gasteiger partial charge on any atom is -0.358 e. The first-order valence-electron chi connectivity index (χ1n) is 1.15. The van der Waals surface area contributed by atoms with E-state index < -0.39 is 0 Å². The number of rotatable bonds is 0. The second-order valence-electron chi connectivity index (χ2n) is 0.577. The van der Waals surface area contributed by atoms with Gasteiger partial charge in [0.15, 0.2) is 15.2 Å². The summed E-state index contributed by atoms with van der Waals surface area (Å²) in [6.45, 7) is 0. The molecule has 0 N–H and O–H groups in total. The minimum absolute atomic E-state index is 0. The molecule has 0 aromatic rings. The molecule has 0 spiro atoms. The van der Waals surface area contributed by atoms with Gasteiger partial charge >= 0.3 is 21.7 Å². The zero-order valence-electron chi connectivity index (χ0n) is 6.49. The van der Waals surface area contributed by atoms with E-state index >= 15 is 0 Å². The molecule has 0 aromatic heterocycles. The van der Waals surface area contributed by atoms with Gasteiger partial charge in [-0.1, -0.05) is 0 Å². The van der Waals surface area contributed by atoms with Crippen molar-refractivity contribution in [3.63, 3.8) is 0 Å². The Hall–Kier alpha value is 1.78. The third kappa shape index (κ3) is 113. The van der Waals surface area contributed by atoms with Gasteiger partial charge in [-0.25, -0.2) is 0 Å². The van der Waals surface area contributed by atoms with Crippen LogP contribution in [0.15, 0.2) is 0 Å². The van der Waals surface area contributed by atoms with Gasteiger partial charge < -0.3 is 22.3 Å². The van der Waals surface area contributed by atoms with E-state index in [4.69, 9.17) is 0 Å². The molecule has 0 aromatic carbocycles. The molecule has 0 heterocycles. The van der Waals surface area contributed by atoms with Crippen molar-refractivity contribution in [2.75, 3.05) is 0 Å². The Bertz CT molecular complexity index is 12.4. The van der Waals surface area contributed by atoms with E-state index in [0.29, 0.717) is 0 Å². The summed E-state index contributed by atoms with van der Waals surface area (Å²) in [4.78, 5) is 0. The van der Waals surface area contributed by atoms with Crippen molar-refractivity contribution in [1.29, 1.82) is 0 Å². The molecule has 0 rings (SSSR count). The average molecular weight is 202 g/mol. The first-order valence-corrected chi connectivity index (χ1v) is 3.46. The second-order valence-corrected chi connectivity index (χ2v) is 1.73. The third-order valence-corrected chi connectivity index (χ3v) is 0. The second kappa shape index (κ2) is 68.8. The van der Waals surface area contributed by atoms with Gasteiger partial charge in [0.1, 0.15) is 0 Å². The molecule has 3 heteroatoms. The van der Waals surface area contributed by atoms with Crippen molar-refractivity contribution in [3.8, 4) is 0 Å². The van der Waals surface area contributed by atoms with Gasteiger partial charge in [-0.3, -0.25) is 0 Å². The molecule has 0 bridgehead atoms. The van der Waals surface area contributed by atoms with E-state index in [1.54, 1.807) is 0 Å². The Morgan fingerprint density at radius 1 is 0.875 bits per heavy atom. The molecule has 0 amide bonds. The van der Waals surface area contributed by atoms with Crippen molar-refractivity contribution in [3.05, 3.63) is 22.3 Å². The molecule has 0 atom stereocenters. The largest absolute Gasteiger partial charge is 3.00 e. The molecule has 0 saturated heterocycles. The summed E-state index contributed by atoms with van der Waals surface area (Å²) in [7, 11) is 0. The van der Waals surface area contributed by atoms with Crippen LogP contribution in [0.3, 0.4) is 0 Å². The molecule has 2 radical (unpaired) electrons. The smallest absolute Gasteiger partial charge is 0.358 e. The van der Waals surface area contributed by atoms with E-state index in [2.05, 4.69) is 11.6 Å². The van der Waals surface area contributed by atoms with Gasteiger partial charge in [-0.2, -0.15) is 0 Å². The van der Waals surface area contributed by atoms with Crippen LogP contribution in [-0.2, 0) is 39.1 Å². The molecule has 0 aliphatic heterocycles. The van der Waals surface area contributed by atoms with E-state index in [0.717, 1.165) is 15.2 Å². The van der Waals surface area contributed by atoms with E-state index in [1.807, 2.05) is 0 Å². The molecular weight excluding hydrogens is 187 g/mol. The van der Waals surface area contributed by atoms with Crippen LogP contribution in [0, 0.1) is 22.3 Å². The minimum atomic E-state index is 0. The predicted octanol–water partition coefficient (Wildman–Crippen LogP) is 2.13. The maximum atomic E-state index is 2.21. The van der Waals surface area contributed by atoms with Crippen LogP contribution in [0.25, 0.3) is 0 Å². The molecule has 0 saturated carbocycles. The summed E-state index contributed by atoms with van der Waals surface area (Å²) < 4.78 is 0. The van der Waals surface area contributed by atoms with E-state index in [-0.39, 0.29) is 61.4 Å². The summed E-state index contributed by atoms with van der Waals surface area (Å²) in [5, 5.41) is 0. The van der Waals surface area contributed by atoms with Crippen LogP contribution >= 0.6 is 0 Å². The normalized spacial score (nSPS) is 1.75. The topological polar surface area (TPSA) is 0 Å². The standard InChI is InChI=1S/5CH3.Al.Cr.Ti/h5*1H3;;;/q;;3*-1;;;+3. The number of hydrogen-bond donors (Lipinski definition) is 0. The summed E-state index contributed by atoms with van der Waals surface area (Å²) in [5.74, 6) is 4.42. The van der Waals surface area contributed by atoms with Crippen molar-refractivity contribution in [1.82, 2.24) is 0 Å².